The zero-order valence-electron chi connectivity index (χ0n) is 13.6. The molecular weight excluding hydrogens is 332 g/mol. The summed E-state index contributed by atoms with van der Waals surface area (Å²) in [6, 6.07) is 17.4. The third-order valence-corrected chi connectivity index (χ3v) is 4.52. The van der Waals surface area contributed by atoms with E-state index in [0.29, 0.717) is 12.1 Å². The first-order chi connectivity index (χ1) is 12.2. The fourth-order valence-electron chi connectivity index (χ4n) is 2.21. The first-order valence-corrected chi connectivity index (χ1v) is 8.80. The number of nitrogens with two attached hydrogens (primary N) is 1. The summed E-state index contributed by atoms with van der Waals surface area (Å²) in [5.74, 6) is 1.15. The van der Waals surface area contributed by atoms with E-state index >= 15 is 0 Å². The van der Waals surface area contributed by atoms with Gasteiger partial charge in [0.15, 0.2) is 0 Å². The van der Waals surface area contributed by atoms with E-state index in [0.717, 1.165) is 22.2 Å². The third-order valence-electron chi connectivity index (χ3n) is 3.55. The lowest BCUT2D eigenvalue weighted by atomic mass is 10.1. The molecule has 0 fully saturated rings. The maximum Gasteiger partial charge on any atom is 0.248 e. The van der Waals surface area contributed by atoms with Gasteiger partial charge < -0.3 is 11.1 Å². The van der Waals surface area contributed by atoms with Gasteiger partial charge in [0.05, 0.1) is 12.4 Å². The van der Waals surface area contributed by atoms with Crippen LogP contribution in [0.3, 0.4) is 0 Å². The number of carbonyl (C=O) groups excluding carboxylic acids is 1. The maximum atomic E-state index is 11.1. The number of carbonyl (C=O) groups is 1. The van der Waals surface area contributed by atoms with Crippen LogP contribution in [-0.4, -0.2) is 15.9 Å². The van der Waals surface area contributed by atoms with Crippen molar-refractivity contribution in [1.82, 2.24) is 9.97 Å². The Morgan fingerprint density at radius 3 is 2.48 bits per heavy atom. The molecule has 0 bridgehead atoms. The number of rotatable bonds is 7. The van der Waals surface area contributed by atoms with Gasteiger partial charge in [-0.05, 0) is 23.3 Å². The predicted octanol–water partition coefficient (Wildman–Crippen LogP) is 3.48. The van der Waals surface area contributed by atoms with Crippen LogP contribution in [0.25, 0.3) is 0 Å². The van der Waals surface area contributed by atoms with Gasteiger partial charge in [-0.15, -0.1) is 11.8 Å². The van der Waals surface area contributed by atoms with E-state index in [1.807, 2.05) is 30.3 Å². The van der Waals surface area contributed by atoms with Crippen molar-refractivity contribution in [1.29, 1.82) is 0 Å². The fraction of sp³-hybridized carbons (Fsp3) is 0.105. The Labute approximate surface area is 150 Å². The van der Waals surface area contributed by atoms with Gasteiger partial charge in [0.2, 0.25) is 5.91 Å². The zero-order chi connectivity index (χ0) is 17.5. The topological polar surface area (TPSA) is 80.9 Å². The minimum absolute atomic E-state index is 0.423. The summed E-state index contributed by atoms with van der Waals surface area (Å²) >= 11 is 1.65. The number of thioether (sulfide) groups is 1. The Kier molecular flexibility index (Phi) is 5.64. The molecule has 126 valence electrons. The highest BCUT2D eigenvalue weighted by molar-refractivity contribution is 7.98. The molecule has 0 saturated carbocycles. The summed E-state index contributed by atoms with van der Waals surface area (Å²) in [6.07, 6.45) is 3.46. The Hall–Kier alpha value is -2.86. The van der Waals surface area contributed by atoms with Crippen molar-refractivity contribution < 1.29 is 4.79 Å². The van der Waals surface area contributed by atoms with Crippen LogP contribution in [0.1, 0.15) is 21.5 Å². The van der Waals surface area contributed by atoms with Crippen LogP contribution in [0.15, 0.2) is 72.0 Å². The normalized spacial score (nSPS) is 10.4. The minimum atomic E-state index is -0.423. The molecule has 0 aliphatic carbocycles. The molecule has 0 unspecified atom stereocenters. The Morgan fingerprint density at radius 2 is 1.76 bits per heavy atom. The van der Waals surface area contributed by atoms with Gasteiger partial charge in [-0.1, -0.05) is 42.5 Å². The Balaban J connectivity index is 1.57. The van der Waals surface area contributed by atoms with Crippen molar-refractivity contribution in [3.8, 4) is 0 Å². The van der Waals surface area contributed by atoms with Gasteiger partial charge >= 0.3 is 0 Å². The number of hydrogen-bond donors (Lipinski definition) is 2. The van der Waals surface area contributed by atoms with Crippen LogP contribution in [0.4, 0.5) is 5.82 Å². The van der Waals surface area contributed by atoms with Gasteiger partial charge in [0, 0.05) is 17.9 Å². The van der Waals surface area contributed by atoms with Crippen molar-refractivity contribution in [2.45, 2.75) is 17.3 Å². The van der Waals surface area contributed by atoms with Gasteiger partial charge in [-0.25, -0.2) is 4.98 Å². The molecule has 0 atom stereocenters. The second-order valence-electron chi connectivity index (χ2n) is 5.43. The number of hydrogen-bond acceptors (Lipinski definition) is 5. The molecule has 3 rings (SSSR count). The summed E-state index contributed by atoms with van der Waals surface area (Å²) in [7, 11) is 0. The van der Waals surface area contributed by atoms with Gasteiger partial charge in [-0.3, -0.25) is 9.78 Å². The smallest absolute Gasteiger partial charge is 0.248 e. The fourth-order valence-corrected chi connectivity index (χ4v) is 3.02. The number of nitrogens with zero attached hydrogens (tertiary/aromatic N) is 2. The van der Waals surface area contributed by atoms with Crippen molar-refractivity contribution in [2.24, 2.45) is 5.73 Å². The lowest BCUT2D eigenvalue weighted by Crippen LogP contribution is -2.11. The minimum Gasteiger partial charge on any atom is -0.366 e. The second-order valence-corrected chi connectivity index (χ2v) is 6.43. The average Bonchev–Trinajstić information content (AvgIpc) is 2.66. The lowest BCUT2D eigenvalue weighted by Gasteiger charge is -2.07. The SMILES string of the molecule is NC(=O)c1ccc(CNc2cncc(SCc3ccccc3)n2)cc1. The van der Waals surface area contributed by atoms with Crippen molar-refractivity contribution in [2.75, 3.05) is 5.32 Å². The summed E-state index contributed by atoms with van der Waals surface area (Å²) in [5, 5.41) is 4.12. The van der Waals surface area contributed by atoms with E-state index in [1.165, 1.54) is 5.56 Å². The summed E-state index contributed by atoms with van der Waals surface area (Å²) in [5.41, 5.74) is 8.03. The molecule has 3 aromatic rings. The monoisotopic (exact) mass is 350 g/mol. The number of nitrogens with one attached hydrogen (secondary N) is 1. The Morgan fingerprint density at radius 1 is 1.00 bits per heavy atom. The molecule has 3 N–H and O–H groups in total. The molecule has 6 heteroatoms. The quantitative estimate of drug-likeness (QED) is 0.638. The van der Waals surface area contributed by atoms with Gasteiger partial charge in [0.1, 0.15) is 10.8 Å². The molecular formula is C19H18N4OS. The highest BCUT2D eigenvalue weighted by Gasteiger charge is 2.03. The zero-order valence-corrected chi connectivity index (χ0v) is 14.4. The molecule has 25 heavy (non-hydrogen) atoms. The molecule has 1 aromatic heterocycles. The van der Waals surface area contributed by atoms with E-state index in [9.17, 15) is 4.79 Å². The number of aromatic nitrogens is 2. The van der Waals surface area contributed by atoms with Gasteiger partial charge in [0.25, 0.3) is 0 Å². The highest BCUT2D eigenvalue weighted by Crippen LogP contribution is 2.21. The van der Waals surface area contributed by atoms with Crippen molar-refractivity contribution in [3.05, 3.63) is 83.7 Å². The third kappa shape index (κ3) is 5.06. The molecule has 1 amide bonds. The molecule has 0 aliphatic heterocycles. The van der Waals surface area contributed by atoms with Crippen LogP contribution in [0.5, 0.6) is 0 Å². The van der Waals surface area contributed by atoms with E-state index in [1.54, 1.807) is 36.3 Å². The maximum absolute atomic E-state index is 11.1. The molecule has 0 radical (unpaired) electrons. The largest absolute Gasteiger partial charge is 0.366 e. The van der Waals surface area contributed by atoms with E-state index in [4.69, 9.17) is 5.73 Å². The molecule has 0 aliphatic rings. The number of primary amides is 1. The summed E-state index contributed by atoms with van der Waals surface area (Å²) in [4.78, 5) is 19.9. The predicted molar refractivity (Wildman–Crippen MR) is 100 cm³/mol. The summed E-state index contributed by atoms with van der Waals surface area (Å²) < 4.78 is 0. The first kappa shape index (κ1) is 17.0. The Bertz CT molecular complexity index is 838. The molecule has 0 saturated heterocycles. The number of benzene rings is 2. The lowest BCUT2D eigenvalue weighted by molar-refractivity contribution is 0.100. The van der Waals surface area contributed by atoms with E-state index in [-0.39, 0.29) is 0 Å². The molecule has 2 aromatic carbocycles. The van der Waals surface area contributed by atoms with Crippen LogP contribution in [-0.2, 0) is 12.3 Å². The van der Waals surface area contributed by atoms with Crippen LogP contribution in [0.2, 0.25) is 0 Å². The van der Waals surface area contributed by atoms with Crippen LogP contribution in [0, 0.1) is 0 Å². The van der Waals surface area contributed by atoms with E-state index in [2.05, 4.69) is 27.4 Å². The molecule has 1 heterocycles. The van der Waals surface area contributed by atoms with Crippen molar-refractivity contribution in [3.63, 3.8) is 0 Å². The highest BCUT2D eigenvalue weighted by atomic mass is 32.2. The number of amides is 1. The first-order valence-electron chi connectivity index (χ1n) is 7.82. The summed E-state index contributed by atoms with van der Waals surface area (Å²) in [6.45, 7) is 0.598. The van der Waals surface area contributed by atoms with Crippen molar-refractivity contribution >= 4 is 23.5 Å². The standard InChI is InChI=1S/C19H18N4OS/c20-19(24)16-8-6-14(7-9-16)10-22-17-11-21-12-18(23-17)25-13-15-4-2-1-3-5-15/h1-9,11-12H,10,13H2,(H2,20,24)(H,22,23). The second kappa shape index (κ2) is 8.30. The van der Waals surface area contributed by atoms with Crippen LogP contribution >= 0.6 is 11.8 Å². The average molecular weight is 350 g/mol. The number of anilines is 1. The van der Waals surface area contributed by atoms with Gasteiger partial charge in [-0.2, -0.15) is 0 Å². The molecule has 5 nitrogen and oxygen atoms in total. The van der Waals surface area contributed by atoms with Crippen LogP contribution < -0.4 is 11.1 Å². The van der Waals surface area contributed by atoms with E-state index < -0.39 is 5.91 Å². The molecule has 0 spiro atoms.